The van der Waals surface area contributed by atoms with Crippen LogP contribution in [0.5, 0.6) is 0 Å². The van der Waals surface area contributed by atoms with E-state index in [0.717, 1.165) is 17.0 Å². The molecule has 10 heteroatoms. The van der Waals surface area contributed by atoms with Crippen LogP contribution in [0.15, 0.2) is 29.2 Å². The number of imide groups is 1. The summed E-state index contributed by atoms with van der Waals surface area (Å²) in [5, 5.41) is -0.584. The van der Waals surface area contributed by atoms with Gasteiger partial charge < -0.3 is 9.64 Å². The van der Waals surface area contributed by atoms with Gasteiger partial charge >= 0.3 is 6.18 Å². The van der Waals surface area contributed by atoms with Gasteiger partial charge in [-0.1, -0.05) is 12.1 Å². The van der Waals surface area contributed by atoms with Gasteiger partial charge in [-0.2, -0.15) is 13.2 Å². The van der Waals surface area contributed by atoms with Crippen molar-refractivity contribution in [1.29, 1.82) is 0 Å². The van der Waals surface area contributed by atoms with E-state index < -0.39 is 22.9 Å². The number of alkyl halides is 3. The summed E-state index contributed by atoms with van der Waals surface area (Å²) in [5.74, 6) is -0.983. The minimum absolute atomic E-state index is 0.0644. The van der Waals surface area contributed by atoms with E-state index in [9.17, 15) is 27.6 Å². The molecule has 0 unspecified atom stereocenters. The lowest BCUT2D eigenvalue weighted by Crippen LogP contribution is -2.46. The van der Waals surface area contributed by atoms with Crippen molar-refractivity contribution in [2.45, 2.75) is 6.18 Å². The van der Waals surface area contributed by atoms with E-state index in [1.165, 1.54) is 23.1 Å². The first kappa shape index (κ1) is 19.4. The Morgan fingerprint density at radius 3 is 2.37 bits per heavy atom. The molecule has 2 aliphatic heterocycles. The summed E-state index contributed by atoms with van der Waals surface area (Å²) in [7, 11) is 0. The molecule has 2 aliphatic rings. The molecule has 0 aliphatic carbocycles. The number of thioether (sulfide) groups is 1. The molecule has 2 saturated heterocycles. The third-order valence-electron chi connectivity index (χ3n) is 4.07. The highest BCUT2D eigenvalue weighted by atomic mass is 32.2. The molecule has 27 heavy (non-hydrogen) atoms. The standard InChI is InChI=1S/C17H15F3N2O4S/c18-17(19,20)12-3-1-11(2-4-12)9-13-15(24)22(16(25)27-13)10-14(23)21-5-7-26-8-6-21/h1-4,9H,5-8,10H2/b13-9-. The fourth-order valence-corrected chi connectivity index (χ4v) is 3.44. The van der Waals surface area contributed by atoms with E-state index >= 15 is 0 Å². The van der Waals surface area contributed by atoms with Gasteiger partial charge in [0.25, 0.3) is 11.1 Å². The first-order valence-electron chi connectivity index (χ1n) is 8.04. The average molecular weight is 400 g/mol. The topological polar surface area (TPSA) is 66.9 Å². The normalized spacial score (nSPS) is 19.9. The Morgan fingerprint density at radius 2 is 1.78 bits per heavy atom. The number of benzene rings is 1. The zero-order valence-corrected chi connectivity index (χ0v) is 14.8. The van der Waals surface area contributed by atoms with Gasteiger partial charge in [-0.3, -0.25) is 19.3 Å². The molecule has 1 aromatic carbocycles. The molecule has 0 bridgehead atoms. The van der Waals surface area contributed by atoms with Crippen molar-refractivity contribution in [3.63, 3.8) is 0 Å². The van der Waals surface area contributed by atoms with Crippen molar-refractivity contribution in [1.82, 2.24) is 9.80 Å². The Labute approximate surface area is 156 Å². The SMILES string of the molecule is O=C(CN1C(=O)S/C(=C\c2ccc(C(F)(F)F)cc2)C1=O)N1CCOCC1. The number of halogens is 3. The third kappa shape index (κ3) is 4.51. The maximum atomic E-state index is 12.6. The van der Waals surface area contributed by atoms with E-state index in [1.54, 1.807) is 0 Å². The highest BCUT2D eigenvalue weighted by molar-refractivity contribution is 8.18. The highest BCUT2D eigenvalue weighted by Gasteiger charge is 2.37. The van der Waals surface area contributed by atoms with Crippen molar-refractivity contribution in [3.8, 4) is 0 Å². The molecule has 0 saturated carbocycles. The molecule has 3 amide bonds. The predicted octanol–water partition coefficient (Wildman–Crippen LogP) is 2.60. The van der Waals surface area contributed by atoms with Gasteiger partial charge in [-0.25, -0.2) is 0 Å². The minimum atomic E-state index is -4.45. The Kier molecular flexibility index (Phi) is 5.56. The smallest absolute Gasteiger partial charge is 0.378 e. The van der Waals surface area contributed by atoms with Gasteiger partial charge in [-0.05, 0) is 35.5 Å². The first-order chi connectivity index (χ1) is 12.8. The van der Waals surface area contributed by atoms with Gasteiger partial charge in [0.05, 0.1) is 23.7 Å². The zero-order chi connectivity index (χ0) is 19.6. The number of carbonyl (C=O) groups excluding carboxylic acids is 3. The second-order valence-corrected chi connectivity index (χ2v) is 6.87. The van der Waals surface area contributed by atoms with Crippen LogP contribution in [-0.2, 0) is 20.5 Å². The summed E-state index contributed by atoms with van der Waals surface area (Å²) in [5.41, 5.74) is -0.447. The summed E-state index contributed by atoms with van der Waals surface area (Å²) in [6.07, 6.45) is -3.11. The number of morpholine rings is 1. The molecule has 0 spiro atoms. The molecule has 0 atom stereocenters. The number of nitrogens with zero attached hydrogens (tertiary/aromatic N) is 2. The summed E-state index contributed by atoms with van der Waals surface area (Å²) in [6.45, 7) is 1.24. The highest BCUT2D eigenvalue weighted by Crippen LogP contribution is 2.33. The third-order valence-corrected chi connectivity index (χ3v) is 4.97. The lowest BCUT2D eigenvalue weighted by molar-refractivity contribution is -0.139. The van der Waals surface area contributed by atoms with Gasteiger partial charge in [0, 0.05) is 13.1 Å². The van der Waals surface area contributed by atoms with Crippen LogP contribution in [0.2, 0.25) is 0 Å². The average Bonchev–Trinajstić information content (AvgIpc) is 2.89. The number of amides is 3. The molecule has 2 fully saturated rings. The van der Waals surface area contributed by atoms with Crippen LogP contribution in [0.25, 0.3) is 6.08 Å². The summed E-state index contributed by atoms with van der Waals surface area (Å²) >= 11 is 0.656. The molecule has 0 radical (unpaired) electrons. The van der Waals surface area contributed by atoms with Crippen molar-refractivity contribution in [2.24, 2.45) is 0 Å². The van der Waals surface area contributed by atoms with Crippen molar-refractivity contribution in [3.05, 3.63) is 40.3 Å². The quantitative estimate of drug-likeness (QED) is 0.730. The fraction of sp³-hybridized carbons (Fsp3) is 0.353. The molecule has 144 valence electrons. The van der Waals surface area contributed by atoms with Gasteiger partial charge in [0.15, 0.2) is 0 Å². The molecule has 2 heterocycles. The van der Waals surface area contributed by atoms with Crippen LogP contribution in [-0.4, -0.2) is 59.7 Å². The van der Waals surface area contributed by atoms with Crippen molar-refractivity contribution < 1.29 is 32.3 Å². The number of carbonyl (C=O) groups is 3. The Bertz CT molecular complexity index is 786. The van der Waals surface area contributed by atoms with Crippen LogP contribution < -0.4 is 0 Å². The number of hydrogen-bond donors (Lipinski definition) is 0. The van der Waals surface area contributed by atoms with E-state index in [-0.39, 0.29) is 17.4 Å². The second kappa shape index (κ2) is 7.73. The van der Waals surface area contributed by atoms with E-state index in [0.29, 0.717) is 43.6 Å². The predicted molar refractivity (Wildman–Crippen MR) is 91.5 cm³/mol. The number of ether oxygens (including phenoxy) is 1. The molecular formula is C17H15F3N2O4S. The second-order valence-electron chi connectivity index (χ2n) is 5.88. The van der Waals surface area contributed by atoms with Gasteiger partial charge in [0.2, 0.25) is 5.91 Å². The van der Waals surface area contributed by atoms with Crippen LogP contribution in [0.4, 0.5) is 18.0 Å². The Balaban J connectivity index is 1.69. The monoisotopic (exact) mass is 400 g/mol. The largest absolute Gasteiger partial charge is 0.416 e. The first-order valence-corrected chi connectivity index (χ1v) is 8.85. The van der Waals surface area contributed by atoms with Crippen LogP contribution in [0.1, 0.15) is 11.1 Å². The zero-order valence-electron chi connectivity index (χ0n) is 14.0. The van der Waals surface area contributed by atoms with E-state index in [2.05, 4.69) is 0 Å². The number of rotatable bonds is 3. The van der Waals surface area contributed by atoms with E-state index in [1.807, 2.05) is 0 Å². The van der Waals surface area contributed by atoms with Crippen molar-refractivity contribution in [2.75, 3.05) is 32.8 Å². The molecule has 1 aromatic rings. The molecular weight excluding hydrogens is 385 g/mol. The van der Waals surface area contributed by atoms with Crippen LogP contribution >= 0.6 is 11.8 Å². The maximum Gasteiger partial charge on any atom is 0.416 e. The molecule has 6 nitrogen and oxygen atoms in total. The molecule has 0 N–H and O–H groups in total. The fourth-order valence-electron chi connectivity index (χ4n) is 2.60. The lowest BCUT2D eigenvalue weighted by atomic mass is 10.1. The Morgan fingerprint density at radius 1 is 1.15 bits per heavy atom. The van der Waals surface area contributed by atoms with E-state index in [4.69, 9.17) is 4.74 Å². The lowest BCUT2D eigenvalue weighted by Gasteiger charge is -2.28. The van der Waals surface area contributed by atoms with Crippen molar-refractivity contribution >= 4 is 34.9 Å². The summed E-state index contributed by atoms with van der Waals surface area (Å²) < 4.78 is 42.9. The number of hydrogen-bond acceptors (Lipinski definition) is 5. The minimum Gasteiger partial charge on any atom is -0.378 e. The van der Waals surface area contributed by atoms with Gasteiger partial charge in [-0.15, -0.1) is 0 Å². The summed E-state index contributed by atoms with van der Waals surface area (Å²) in [4.78, 5) is 39.1. The van der Waals surface area contributed by atoms with Gasteiger partial charge in [0.1, 0.15) is 6.54 Å². The van der Waals surface area contributed by atoms with Crippen LogP contribution in [0.3, 0.4) is 0 Å². The molecule has 0 aromatic heterocycles. The Hall–Kier alpha value is -2.33. The molecule has 3 rings (SSSR count). The summed E-state index contributed by atoms with van der Waals surface area (Å²) in [6, 6.07) is 4.24. The maximum absolute atomic E-state index is 12.6. The van der Waals surface area contributed by atoms with Crippen LogP contribution in [0, 0.1) is 0 Å².